The van der Waals surface area contributed by atoms with E-state index in [2.05, 4.69) is 36.8 Å². The van der Waals surface area contributed by atoms with Crippen molar-refractivity contribution >= 4 is 31.9 Å². The molecule has 2 nitrogen and oxygen atoms in total. The van der Waals surface area contributed by atoms with Crippen LogP contribution in [0.4, 0.5) is 8.78 Å². The lowest BCUT2D eigenvalue weighted by atomic mass is 10.3. The Hall–Kier alpha value is -1.01. The van der Waals surface area contributed by atoms with Crippen molar-refractivity contribution in [1.29, 1.82) is 0 Å². The van der Waals surface area contributed by atoms with Gasteiger partial charge in [-0.3, -0.25) is 0 Å². The monoisotopic (exact) mass is 363 g/mol. The van der Waals surface area contributed by atoms with Gasteiger partial charge < -0.3 is 4.74 Å². The largest absolute Gasteiger partial charge is 0.435 e. The highest BCUT2D eigenvalue weighted by molar-refractivity contribution is 9.11. The van der Waals surface area contributed by atoms with E-state index in [1.54, 1.807) is 6.07 Å². The Morgan fingerprint density at radius 3 is 2.65 bits per heavy atom. The Morgan fingerprint density at radius 2 is 1.94 bits per heavy atom. The molecular formula is C11H5Br2F2NO. The lowest BCUT2D eigenvalue weighted by Gasteiger charge is -2.07. The van der Waals surface area contributed by atoms with Crippen LogP contribution in [0.5, 0.6) is 11.6 Å². The number of nitrogens with zero attached hydrogens (tertiary/aromatic N) is 1. The molecule has 0 spiro atoms. The summed E-state index contributed by atoms with van der Waals surface area (Å²) in [6.45, 7) is 0. The van der Waals surface area contributed by atoms with Gasteiger partial charge in [-0.2, -0.15) is 4.39 Å². The van der Waals surface area contributed by atoms with Crippen molar-refractivity contribution in [2.75, 3.05) is 0 Å². The number of hydrogen-bond acceptors (Lipinski definition) is 2. The molecule has 0 fully saturated rings. The first-order valence-electron chi connectivity index (χ1n) is 4.51. The molecule has 17 heavy (non-hydrogen) atoms. The van der Waals surface area contributed by atoms with Gasteiger partial charge in [-0.25, -0.2) is 9.37 Å². The van der Waals surface area contributed by atoms with Crippen LogP contribution < -0.4 is 4.74 Å². The predicted molar refractivity (Wildman–Crippen MR) is 66.1 cm³/mol. The quantitative estimate of drug-likeness (QED) is 0.772. The summed E-state index contributed by atoms with van der Waals surface area (Å²) in [5.74, 6) is -2.04. The average Bonchev–Trinajstić information content (AvgIpc) is 2.28. The maximum atomic E-state index is 13.3. The van der Waals surface area contributed by atoms with Crippen LogP contribution in [0.2, 0.25) is 0 Å². The van der Waals surface area contributed by atoms with Crippen LogP contribution in [-0.4, -0.2) is 4.98 Å². The Bertz CT molecular complexity index is 563. The molecular weight excluding hydrogens is 360 g/mol. The number of aromatic nitrogens is 1. The summed E-state index contributed by atoms with van der Waals surface area (Å²) < 4.78 is 32.8. The van der Waals surface area contributed by atoms with E-state index >= 15 is 0 Å². The van der Waals surface area contributed by atoms with E-state index in [4.69, 9.17) is 4.74 Å². The number of halogens is 4. The summed E-state index contributed by atoms with van der Waals surface area (Å²) in [5.41, 5.74) is 0. The molecule has 0 bridgehead atoms. The van der Waals surface area contributed by atoms with Crippen molar-refractivity contribution in [2.24, 2.45) is 0 Å². The Labute approximate surface area is 113 Å². The molecule has 88 valence electrons. The van der Waals surface area contributed by atoms with Crippen LogP contribution in [0.15, 0.2) is 39.4 Å². The smallest absolute Gasteiger partial charge is 0.233 e. The van der Waals surface area contributed by atoms with E-state index in [-0.39, 0.29) is 11.6 Å². The summed E-state index contributed by atoms with van der Waals surface area (Å²) >= 11 is 6.44. The lowest BCUT2D eigenvalue weighted by Crippen LogP contribution is -1.94. The Balaban J connectivity index is 2.35. The normalized spacial score (nSPS) is 10.4. The fourth-order valence-corrected chi connectivity index (χ4v) is 2.21. The molecule has 0 unspecified atom stereocenters. The fraction of sp³-hybridized carbons (Fsp3) is 0. The zero-order valence-corrected chi connectivity index (χ0v) is 11.4. The molecule has 0 saturated heterocycles. The van der Waals surface area contributed by atoms with Crippen LogP contribution in [0.25, 0.3) is 0 Å². The molecule has 0 amide bonds. The standard InChI is InChI=1S/C11H5Br2F2NO/c12-6-4-7(13)11(16-5-6)17-9-3-1-2-8(14)10(9)15/h1-5H. The molecule has 1 heterocycles. The molecule has 6 heteroatoms. The highest BCUT2D eigenvalue weighted by atomic mass is 79.9. The Morgan fingerprint density at radius 1 is 1.18 bits per heavy atom. The Kier molecular flexibility index (Phi) is 3.73. The highest BCUT2D eigenvalue weighted by Gasteiger charge is 2.12. The molecule has 2 aromatic rings. The number of hydrogen-bond donors (Lipinski definition) is 0. The number of benzene rings is 1. The summed E-state index contributed by atoms with van der Waals surface area (Å²) in [4.78, 5) is 3.94. The summed E-state index contributed by atoms with van der Waals surface area (Å²) in [6.07, 6.45) is 1.50. The number of rotatable bonds is 2. The average molecular weight is 365 g/mol. The molecule has 1 aromatic heterocycles. The number of pyridine rings is 1. The maximum Gasteiger partial charge on any atom is 0.233 e. The fourth-order valence-electron chi connectivity index (χ4n) is 1.14. The summed E-state index contributed by atoms with van der Waals surface area (Å²) in [6, 6.07) is 5.40. The van der Waals surface area contributed by atoms with E-state index < -0.39 is 11.6 Å². The SMILES string of the molecule is Fc1cccc(Oc2ncc(Br)cc2Br)c1F. The zero-order chi connectivity index (χ0) is 12.4. The van der Waals surface area contributed by atoms with Gasteiger partial charge in [0.15, 0.2) is 11.6 Å². The van der Waals surface area contributed by atoms with Crippen molar-refractivity contribution in [2.45, 2.75) is 0 Å². The van der Waals surface area contributed by atoms with Gasteiger partial charge in [0.25, 0.3) is 0 Å². The van der Waals surface area contributed by atoms with Crippen molar-refractivity contribution in [3.63, 3.8) is 0 Å². The maximum absolute atomic E-state index is 13.3. The molecule has 0 atom stereocenters. The van der Waals surface area contributed by atoms with Crippen LogP contribution in [0, 0.1) is 11.6 Å². The molecule has 0 N–H and O–H groups in total. The predicted octanol–water partition coefficient (Wildman–Crippen LogP) is 4.68. The van der Waals surface area contributed by atoms with Gasteiger partial charge in [-0.15, -0.1) is 0 Å². The van der Waals surface area contributed by atoms with E-state index in [0.29, 0.717) is 4.47 Å². The minimum absolute atomic E-state index is 0.165. The lowest BCUT2D eigenvalue weighted by molar-refractivity contribution is 0.403. The topological polar surface area (TPSA) is 22.1 Å². The second kappa shape index (κ2) is 5.10. The van der Waals surface area contributed by atoms with E-state index in [0.717, 1.165) is 10.5 Å². The van der Waals surface area contributed by atoms with Crippen molar-refractivity contribution in [1.82, 2.24) is 4.98 Å². The van der Waals surface area contributed by atoms with E-state index in [1.165, 1.54) is 18.3 Å². The van der Waals surface area contributed by atoms with E-state index in [9.17, 15) is 8.78 Å². The van der Waals surface area contributed by atoms with Gasteiger partial charge in [0.2, 0.25) is 11.7 Å². The van der Waals surface area contributed by atoms with Crippen LogP contribution >= 0.6 is 31.9 Å². The summed E-state index contributed by atoms with van der Waals surface area (Å²) in [7, 11) is 0. The van der Waals surface area contributed by atoms with Crippen molar-refractivity contribution in [3.05, 3.63) is 51.0 Å². The first kappa shape index (κ1) is 12.4. The van der Waals surface area contributed by atoms with Crippen molar-refractivity contribution in [3.8, 4) is 11.6 Å². The molecule has 0 saturated carbocycles. The first-order chi connectivity index (χ1) is 8.08. The molecule has 0 radical (unpaired) electrons. The molecule has 1 aromatic carbocycles. The zero-order valence-electron chi connectivity index (χ0n) is 8.25. The van der Waals surface area contributed by atoms with Gasteiger partial charge in [-0.05, 0) is 50.1 Å². The molecule has 0 aliphatic heterocycles. The van der Waals surface area contributed by atoms with Gasteiger partial charge in [0.1, 0.15) is 0 Å². The first-order valence-corrected chi connectivity index (χ1v) is 6.09. The third-order valence-electron chi connectivity index (χ3n) is 1.90. The van der Waals surface area contributed by atoms with E-state index in [1.807, 2.05) is 0 Å². The van der Waals surface area contributed by atoms with Crippen LogP contribution in [0.1, 0.15) is 0 Å². The molecule has 2 rings (SSSR count). The van der Waals surface area contributed by atoms with Crippen molar-refractivity contribution < 1.29 is 13.5 Å². The summed E-state index contributed by atoms with van der Waals surface area (Å²) in [5, 5.41) is 0. The molecule has 0 aliphatic carbocycles. The second-order valence-corrected chi connectivity index (χ2v) is 4.86. The van der Waals surface area contributed by atoms with Gasteiger partial charge in [0, 0.05) is 10.7 Å². The highest BCUT2D eigenvalue weighted by Crippen LogP contribution is 2.31. The van der Waals surface area contributed by atoms with Crippen LogP contribution in [-0.2, 0) is 0 Å². The molecule has 0 aliphatic rings. The minimum atomic E-state index is -1.04. The number of ether oxygens (including phenoxy) is 1. The van der Waals surface area contributed by atoms with Gasteiger partial charge >= 0.3 is 0 Å². The van der Waals surface area contributed by atoms with Gasteiger partial charge in [-0.1, -0.05) is 6.07 Å². The third-order valence-corrected chi connectivity index (χ3v) is 2.90. The minimum Gasteiger partial charge on any atom is -0.435 e. The second-order valence-electron chi connectivity index (χ2n) is 3.09. The van der Waals surface area contributed by atoms with Crippen LogP contribution in [0.3, 0.4) is 0 Å². The van der Waals surface area contributed by atoms with Gasteiger partial charge in [0.05, 0.1) is 4.47 Å². The third kappa shape index (κ3) is 2.81.